The number of aryl methyl sites for hydroxylation is 1. The van der Waals surface area contributed by atoms with Crippen LogP contribution in [0, 0.1) is 10.5 Å². The molecule has 3 rings (SSSR count). The summed E-state index contributed by atoms with van der Waals surface area (Å²) in [6.07, 6.45) is 0. The quantitative estimate of drug-likeness (QED) is 0.314. The number of rotatable bonds is 6. The van der Waals surface area contributed by atoms with Crippen LogP contribution in [-0.4, -0.2) is 17.1 Å². The molecule has 0 spiro atoms. The number of anilines is 2. The van der Waals surface area contributed by atoms with Crippen LogP contribution in [0.15, 0.2) is 77.7 Å². The molecule has 0 aromatic heterocycles. The molecule has 0 heterocycles. The highest BCUT2D eigenvalue weighted by Gasteiger charge is 2.15. The second kappa shape index (κ2) is 9.93. The average Bonchev–Trinajstić information content (AvgIpc) is 2.70. The molecule has 2 amide bonds. The van der Waals surface area contributed by atoms with Gasteiger partial charge in [0, 0.05) is 25.4 Å². The molecule has 1 unspecified atom stereocenters. The summed E-state index contributed by atoms with van der Waals surface area (Å²) in [6.45, 7) is 3.85. The summed E-state index contributed by atoms with van der Waals surface area (Å²) in [7, 11) is 0. The molecule has 1 atom stereocenters. The maximum atomic E-state index is 12.5. The third kappa shape index (κ3) is 6.33. The maximum Gasteiger partial charge on any atom is 0.255 e. The lowest BCUT2D eigenvalue weighted by atomic mass is 10.1. The zero-order valence-electron chi connectivity index (χ0n) is 16.1. The van der Waals surface area contributed by atoms with Crippen molar-refractivity contribution in [3.63, 3.8) is 0 Å². The first-order valence-electron chi connectivity index (χ1n) is 9.12. The van der Waals surface area contributed by atoms with Crippen LogP contribution >= 0.6 is 34.4 Å². The minimum atomic E-state index is -0.280. The monoisotopic (exact) mass is 516 g/mol. The van der Waals surface area contributed by atoms with E-state index in [-0.39, 0.29) is 17.1 Å². The van der Waals surface area contributed by atoms with E-state index in [1.165, 1.54) is 11.8 Å². The molecular weight excluding hydrogens is 495 g/mol. The largest absolute Gasteiger partial charge is 0.325 e. The molecule has 0 saturated carbocycles. The molecule has 148 valence electrons. The van der Waals surface area contributed by atoms with Gasteiger partial charge in [-0.3, -0.25) is 9.59 Å². The van der Waals surface area contributed by atoms with E-state index in [0.29, 0.717) is 11.3 Å². The Morgan fingerprint density at radius 1 is 0.897 bits per heavy atom. The topological polar surface area (TPSA) is 58.2 Å². The fourth-order valence-electron chi connectivity index (χ4n) is 2.59. The van der Waals surface area contributed by atoms with E-state index in [9.17, 15) is 9.59 Å². The lowest BCUT2D eigenvalue weighted by Crippen LogP contribution is -2.22. The van der Waals surface area contributed by atoms with Gasteiger partial charge in [0.15, 0.2) is 0 Å². The van der Waals surface area contributed by atoms with Crippen LogP contribution in [-0.2, 0) is 4.79 Å². The van der Waals surface area contributed by atoms with Crippen molar-refractivity contribution in [1.29, 1.82) is 0 Å². The molecule has 0 bridgehead atoms. The van der Waals surface area contributed by atoms with Crippen molar-refractivity contribution in [2.75, 3.05) is 10.6 Å². The highest BCUT2D eigenvalue weighted by atomic mass is 127. The lowest BCUT2D eigenvalue weighted by molar-refractivity contribution is -0.115. The van der Waals surface area contributed by atoms with Gasteiger partial charge in [0.1, 0.15) is 0 Å². The summed E-state index contributed by atoms with van der Waals surface area (Å²) in [5, 5.41) is 5.56. The average molecular weight is 516 g/mol. The Kier molecular flexibility index (Phi) is 7.33. The molecular formula is C23H21IN2O2S. The molecule has 2 N–H and O–H groups in total. The first-order valence-corrected chi connectivity index (χ1v) is 11.1. The Morgan fingerprint density at radius 3 is 2.28 bits per heavy atom. The normalized spacial score (nSPS) is 11.6. The van der Waals surface area contributed by atoms with Crippen molar-refractivity contribution in [3.05, 3.63) is 87.5 Å². The van der Waals surface area contributed by atoms with E-state index in [0.717, 1.165) is 19.7 Å². The van der Waals surface area contributed by atoms with Crippen LogP contribution in [0.4, 0.5) is 11.4 Å². The Balaban J connectivity index is 1.61. The van der Waals surface area contributed by atoms with Gasteiger partial charge in [-0.05, 0) is 91.0 Å². The van der Waals surface area contributed by atoms with Crippen LogP contribution in [0.25, 0.3) is 0 Å². The van der Waals surface area contributed by atoms with Crippen molar-refractivity contribution >= 4 is 57.5 Å². The van der Waals surface area contributed by atoms with Gasteiger partial charge in [0.25, 0.3) is 5.91 Å². The van der Waals surface area contributed by atoms with Gasteiger partial charge in [-0.2, -0.15) is 0 Å². The Hall–Kier alpha value is -2.32. The first kappa shape index (κ1) is 21.4. The highest BCUT2D eigenvalue weighted by molar-refractivity contribution is 14.1. The number of carbonyl (C=O) groups excluding carboxylic acids is 2. The van der Waals surface area contributed by atoms with E-state index in [4.69, 9.17) is 0 Å². The summed E-state index contributed by atoms with van der Waals surface area (Å²) in [5.41, 5.74) is 3.20. The van der Waals surface area contributed by atoms with Crippen LogP contribution < -0.4 is 10.6 Å². The zero-order chi connectivity index (χ0) is 20.8. The van der Waals surface area contributed by atoms with Crippen molar-refractivity contribution in [3.8, 4) is 0 Å². The Morgan fingerprint density at radius 2 is 1.59 bits per heavy atom. The lowest BCUT2D eigenvalue weighted by Gasteiger charge is -2.13. The number of hydrogen-bond acceptors (Lipinski definition) is 3. The van der Waals surface area contributed by atoms with E-state index in [1.807, 2.05) is 74.5 Å². The van der Waals surface area contributed by atoms with E-state index >= 15 is 0 Å². The van der Waals surface area contributed by atoms with Crippen molar-refractivity contribution in [1.82, 2.24) is 0 Å². The van der Waals surface area contributed by atoms with Crippen LogP contribution in [0.1, 0.15) is 22.8 Å². The predicted octanol–water partition coefficient (Wildman–Crippen LogP) is 5.97. The smallest absolute Gasteiger partial charge is 0.255 e. The molecule has 0 aliphatic rings. The van der Waals surface area contributed by atoms with Crippen molar-refractivity contribution < 1.29 is 9.59 Å². The van der Waals surface area contributed by atoms with Gasteiger partial charge in [0.05, 0.1) is 5.25 Å². The van der Waals surface area contributed by atoms with Gasteiger partial charge < -0.3 is 10.6 Å². The van der Waals surface area contributed by atoms with E-state index in [1.54, 1.807) is 12.1 Å². The van der Waals surface area contributed by atoms with Gasteiger partial charge in [0.2, 0.25) is 5.91 Å². The van der Waals surface area contributed by atoms with Gasteiger partial charge in [-0.25, -0.2) is 0 Å². The number of amides is 2. The number of benzene rings is 3. The van der Waals surface area contributed by atoms with Crippen LogP contribution in [0.2, 0.25) is 0 Å². The summed E-state index contributed by atoms with van der Waals surface area (Å²) < 4.78 is 1.12. The SMILES string of the molecule is Cc1ccc(C(=O)Nc2cccc(SC(C)C(=O)Nc3ccc(I)cc3)c2)cc1. The minimum Gasteiger partial charge on any atom is -0.325 e. The predicted molar refractivity (Wildman–Crippen MR) is 129 cm³/mol. The summed E-state index contributed by atoms with van der Waals surface area (Å²) >= 11 is 3.68. The maximum absolute atomic E-state index is 12.5. The molecule has 0 saturated heterocycles. The Labute approximate surface area is 188 Å². The molecule has 4 nitrogen and oxygen atoms in total. The molecule has 29 heavy (non-hydrogen) atoms. The van der Waals surface area contributed by atoms with Crippen molar-refractivity contribution in [2.24, 2.45) is 0 Å². The third-order valence-corrected chi connectivity index (χ3v) is 6.01. The van der Waals surface area contributed by atoms with Crippen LogP contribution in [0.3, 0.4) is 0 Å². The van der Waals surface area contributed by atoms with Gasteiger partial charge >= 0.3 is 0 Å². The van der Waals surface area contributed by atoms with E-state index < -0.39 is 0 Å². The summed E-state index contributed by atoms with van der Waals surface area (Å²) in [5.74, 6) is -0.220. The molecule has 6 heteroatoms. The second-order valence-electron chi connectivity index (χ2n) is 6.60. The molecule has 0 fully saturated rings. The zero-order valence-corrected chi connectivity index (χ0v) is 19.1. The number of thioether (sulfide) groups is 1. The molecule has 0 radical (unpaired) electrons. The molecule has 0 aliphatic heterocycles. The van der Waals surface area contributed by atoms with Gasteiger partial charge in [-0.15, -0.1) is 11.8 Å². The number of carbonyl (C=O) groups is 2. The number of hydrogen-bond donors (Lipinski definition) is 2. The van der Waals surface area contributed by atoms with Gasteiger partial charge in [-0.1, -0.05) is 23.8 Å². The molecule has 0 aliphatic carbocycles. The Bertz CT molecular complexity index is 1000. The highest BCUT2D eigenvalue weighted by Crippen LogP contribution is 2.27. The third-order valence-electron chi connectivity index (χ3n) is 4.20. The summed E-state index contributed by atoms with van der Waals surface area (Å²) in [6, 6.07) is 22.6. The molecule has 3 aromatic carbocycles. The fourth-order valence-corrected chi connectivity index (χ4v) is 3.88. The van der Waals surface area contributed by atoms with Crippen molar-refractivity contribution in [2.45, 2.75) is 24.0 Å². The minimum absolute atomic E-state index is 0.0645. The number of nitrogens with one attached hydrogen (secondary N) is 2. The number of halogens is 1. The first-order chi connectivity index (χ1) is 13.9. The fraction of sp³-hybridized carbons (Fsp3) is 0.130. The molecule has 3 aromatic rings. The summed E-state index contributed by atoms with van der Waals surface area (Å²) in [4.78, 5) is 25.8. The second-order valence-corrected chi connectivity index (χ2v) is 9.26. The standard InChI is InChI=1S/C23H21IN2O2S/c1-15-6-8-17(9-7-15)23(28)26-20-4-3-5-21(14-20)29-16(2)22(27)25-19-12-10-18(24)11-13-19/h3-14,16H,1-2H3,(H,25,27)(H,26,28). The van der Waals surface area contributed by atoms with E-state index in [2.05, 4.69) is 33.2 Å². The van der Waals surface area contributed by atoms with Crippen LogP contribution in [0.5, 0.6) is 0 Å².